The third-order valence-electron chi connectivity index (χ3n) is 3.99. The van der Waals surface area contributed by atoms with Crippen molar-refractivity contribution < 1.29 is 9.00 Å². The lowest BCUT2D eigenvalue weighted by Crippen LogP contribution is -2.33. The van der Waals surface area contributed by atoms with E-state index in [9.17, 15) is 13.8 Å². The second-order valence-corrected chi connectivity index (χ2v) is 7.19. The van der Waals surface area contributed by atoms with Crippen molar-refractivity contribution in [2.24, 2.45) is 0 Å². The van der Waals surface area contributed by atoms with Crippen LogP contribution < -0.4 is 10.9 Å². The zero-order valence-electron chi connectivity index (χ0n) is 13.7. The number of aryl methyl sites for hydroxylation is 1. The summed E-state index contributed by atoms with van der Waals surface area (Å²) in [5, 5.41) is 3.53. The van der Waals surface area contributed by atoms with Gasteiger partial charge in [-0.25, -0.2) is 0 Å². The summed E-state index contributed by atoms with van der Waals surface area (Å²) in [5.41, 5.74) is 1.02. The molecule has 0 spiro atoms. The number of aromatic amines is 1. The fourth-order valence-corrected chi connectivity index (χ4v) is 3.70. The summed E-state index contributed by atoms with van der Waals surface area (Å²) >= 11 is 0. The number of hydrogen-bond donors (Lipinski definition) is 2. The molecule has 0 aliphatic heterocycles. The maximum Gasteiger partial charge on any atom is 0.261 e. The second kappa shape index (κ2) is 7.44. The number of rotatable bonds is 5. The first-order valence-corrected chi connectivity index (χ1v) is 9.23. The van der Waals surface area contributed by atoms with E-state index in [4.69, 9.17) is 0 Å². The van der Waals surface area contributed by atoms with Crippen molar-refractivity contribution in [3.05, 3.63) is 76.1 Å². The molecule has 0 radical (unpaired) electrons. The number of benzene rings is 2. The van der Waals surface area contributed by atoms with Gasteiger partial charge in [0.15, 0.2) is 0 Å². The van der Waals surface area contributed by atoms with Gasteiger partial charge in [0.1, 0.15) is 5.56 Å². The van der Waals surface area contributed by atoms with Crippen molar-refractivity contribution in [3.8, 4) is 0 Å². The van der Waals surface area contributed by atoms with Gasteiger partial charge >= 0.3 is 0 Å². The molecule has 0 saturated heterocycles. The predicted octanol–water partition coefficient (Wildman–Crippen LogP) is 2.37. The van der Waals surface area contributed by atoms with E-state index in [1.54, 1.807) is 25.1 Å². The molecule has 1 aromatic heterocycles. The number of pyridine rings is 1. The van der Waals surface area contributed by atoms with Crippen LogP contribution in [0.4, 0.5) is 0 Å². The van der Waals surface area contributed by atoms with Crippen LogP contribution in [0.5, 0.6) is 0 Å². The third-order valence-corrected chi connectivity index (χ3v) is 5.36. The Bertz CT molecular complexity index is 996. The molecule has 1 atom stereocenters. The van der Waals surface area contributed by atoms with Crippen molar-refractivity contribution in [2.45, 2.75) is 11.8 Å². The molecule has 2 N–H and O–H groups in total. The van der Waals surface area contributed by atoms with Crippen LogP contribution in [-0.2, 0) is 10.8 Å². The molecule has 0 aliphatic carbocycles. The van der Waals surface area contributed by atoms with Gasteiger partial charge in [-0.15, -0.1) is 0 Å². The standard InChI is InChI=1S/C19H18N2O3S/c1-13-15-9-5-6-10-16(15)21-19(23)17(13)18(22)20-11-12-25(24)14-7-3-2-4-8-14/h2-10H,11-12H2,1H3,(H,20,22)(H,21,23)/t25-/m1/s1. The van der Waals surface area contributed by atoms with Gasteiger partial charge in [-0.05, 0) is 30.7 Å². The minimum atomic E-state index is -1.19. The fourth-order valence-electron chi connectivity index (χ4n) is 2.72. The highest BCUT2D eigenvalue weighted by atomic mass is 32.2. The van der Waals surface area contributed by atoms with Gasteiger partial charge in [-0.2, -0.15) is 0 Å². The van der Waals surface area contributed by atoms with Crippen LogP contribution in [0.1, 0.15) is 15.9 Å². The summed E-state index contributed by atoms with van der Waals surface area (Å²) in [6.07, 6.45) is 0. The van der Waals surface area contributed by atoms with Crippen LogP contribution in [0.3, 0.4) is 0 Å². The molecule has 128 valence electrons. The highest BCUT2D eigenvalue weighted by Crippen LogP contribution is 2.16. The highest BCUT2D eigenvalue weighted by Gasteiger charge is 2.16. The second-order valence-electron chi connectivity index (χ2n) is 5.62. The topological polar surface area (TPSA) is 79.0 Å². The van der Waals surface area contributed by atoms with Gasteiger partial charge in [-0.1, -0.05) is 36.4 Å². The Labute approximate surface area is 147 Å². The molecule has 0 unspecified atom stereocenters. The lowest BCUT2D eigenvalue weighted by molar-refractivity contribution is 0.0954. The fraction of sp³-hybridized carbons (Fsp3) is 0.158. The van der Waals surface area contributed by atoms with Gasteiger partial charge in [0.2, 0.25) is 0 Å². The van der Waals surface area contributed by atoms with Crippen LogP contribution in [-0.4, -0.2) is 27.4 Å². The van der Waals surface area contributed by atoms with E-state index in [1.165, 1.54) is 0 Å². The van der Waals surface area contributed by atoms with Crippen LogP contribution >= 0.6 is 0 Å². The molecule has 2 aromatic carbocycles. The number of carbonyl (C=O) groups excluding carboxylic acids is 1. The van der Waals surface area contributed by atoms with Crippen molar-refractivity contribution in [3.63, 3.8) is 0 Å². The molecular weight excluding hydrogens is 336 g/mol. The van der Waals surface area contributed by atoms with Gasteiger partial charge < -0.3 is 10.3 Å². The van der Waals surface area contributed by atoms with E-state index in [1.807, 2.05) is 36.4 Å². The molecule has 1 amide bonds. The average Bonchev–Trinajstić information content (AvgIpc) is 2.62. The SMILES string of the molecule is Cc1c(C(=O)NCC[S@@](=O)c2ccccc2)c(=O)[nH]c2ccccc12. The Morgan fingerprint density at radius 1 is 1.08 bits per heavy atom. The van der Waals surface area contributed by atoms with E-state index >= 15 is 0 Å². The van der Waals surface area contributed by atoms with Gasteiger partial charge in [0.25, 0.3) is 11.5 Å². The molecule has 1 heterocycles. The predicted molar refractivity (Wildman–Crippen MR) is 99.4 cm³/mol. The molecule has 0 aliphatic rings. The van der Waals surface area contributed by atoms with E-state index in [0.29, 0.717) is 16.8 Å². The zero-order valence-corrected chi connectivity index (χ0v) is 14.6. The first kappa shape index (κ1) is 17.1. The molecule has 0 saturated carbocycles. The molecule has 0 bridgehead atoms. The summed E-state index contributed by atoms with van der Waals surface area (Å²) in [7, 11) is -1.19. The largest absolute Gasteiger partial charge is 0.351 e. The van der Waals surface area contributed by atoms with Gasteiger partial charge in [0, 0.05) is 28.1 Å². The molecule has 3 rings (SSSR count). The first-order chi connectivity index (χ1) is 12.1. The Morgan fingerprint density at radius 2 is 1.76 bits per heavy atom. The molecule has 3 aromatic rings. The van der Waals surface area contributed by atoms with Crippen LogP contribution in [0.25, 0.3) is 10.9 Å². The minimum absolute atomic E-state index is 0.101. The molecule has 5 nitrogen and oxygen atoms in total. The van der Waals surface area contributed by atoms with Crippen molar-refractivity contribution in [1.29, 1.82) is 0 Å². The van der Waals surface area contributed by atoms with E-state index in [2.05, 4.69) is 10.3 Å². The quantitative estimate of drug-likeness (QED) is 0.738. The summed E-state index contributed by atoms with van der Waals surface area (Å²) in [6.45, 7) is 1.99. The number of para-hydroxylation sites is 1. The zero-order chi connectivity index (χ0) is 17.8. The van der Waals surface area contributed by atoms with Crippen molar-refractivity contribution >= 4 is 27.6 Å². The number of hydrogen-bond acceptors (Lipinski definition) is 3. The summed E-state index contributed by atoms with van der Waals surface area (Å²) in [5.74, 6) is -0.158. The molecule has 0 fully saturated rings. The third kappa shape index (κ3) is 3.69. The smallest absolute Gasteiger partial charge is 0.261 e. The number of amides is 1. The molecule has 6 heteroatoms. The summed E-state index contributed by atoms with van der Waals surface area (Å²) < 4.78 is 12.2. The average molecular weight is 354 g/mol. The maximum absolute atomic E-state index is 12.4. The molecule has 25 heavy (non-hydrogen) atoms. The van der Waals surface area contributed by atoms with E-state index in [0.717, 1.165) is 10.3 Å². The normalized spacial score (nSPS) is 12.0. The summed E-state index contributed by atoms with van der Waals surface area (Å²) in [4.78, 5) is 28.1. The lowest BCUT2D eigenvalue weighted by Gasteiger charge is -2.09. The van der Waals surface area contributed by atoms with Crippen LogP contribution in [0, 0.1) is 6.92 Å². The monoisotopic (exact) mass is 354 g/mol. The van der Waals surface area contributed by atoms with Crippen LogP contribution in [0.2, 0.25) is 0 Å². The first-order valence-electron chi connectivity index (χ1n) is 7.91. The Balaban J connectivity index is 1.73. The number of aromatic nitrogens is 1. The Kier molecular flexibility index (Phi) is 5.09. The van der Waals surface area contributed by atoms with Gasteiger partial charge in [-0.3, -0.25) is 13.8 Å². The van der Waals surface area contributed by atoms with Crippen LogP contribution in [0.15, 0.2) is 64.3 Å². The van der Waals surface area contributed by atoms with E-state index < -0.39 is 22.3 Å². The van der Waals surface area contributed by atoms with E-state index in [-0.39, 0.29) is 12.1 Å². The number of fused-ring (bicyclic) bond motifs is 1. The van der Waals surface area contributed by atoms with Crippen molar-refractivity contribution in [1.82, 2.24) is 10.3 Å². The minimum Gasteiger partial charge on any atom is -0.351 e. The lowest BCUT2D eigenvalue weighted by atomic mass is 10.0. The number of carbonyl (C=O) groups is 1. The molecular formula is C19H18N2O3S. The Morgan fingerprint density at radius 3 is 2.52 bits per heavy atom. The van der Waals surface area contributed by atoms with Crippen molar-refractivity contribution in [2.75, 3.05) is 12.3 Å². The number of nitrogens with one attached hydrogen (secondary N) is 2. The highest BCUT2D eigenvalue weighted by molar-refractivity contribution is 7.85. The maximum atomic E-state index is 12.4. The Hall–Kier alpha value is -2.73. The number of H-pyrrole nitrogens is 1. The van der Waals surface area contributed by atoms with Gasteiger partial charge in [0.05, 0.1) is 10.8 Å². The summed E-state index contributed by atoms with van der Waals surface area (Å²) in [6, 6.07) is 16.4.